The van der Waals surface area contributed by atoms with Gasteiger partial charge >= 0.3 is 0 Å². The molecule has 0 amide bonds. The Balaban J connectivity index is 2.07. The summed E-state index contributed by atoms with van der Waals surface area (Å²) in [6.45, 7) is 0. The number of nitrogen functional groups attached to an aromatic ring is 1. The van der Waals surface area contributed by atoms with Gasteiger partial charge in [0.2, 0.25) is 5.88 Å². The van der Waals surface area contributed by atoms with Gasteiger partial charge in [0.05, 0.1) is 4.47 Å². The molecule has 3 aromatic rings. The van der Waals surface area contributed by atoms with Crippen LogP contribution in [0.5, 0.6) is 11.6 Å². The van der Waals surface area contributed by atoms with Crippen molar-refractivity contribution in [3.05, 3.63) is 51.7 Å². The van der Waals surface area contributed by atoms with Gasteiger partial charge in [-0.1, -0.05) is 30.3 Å². The normalized spacial score (nSPS) is 10.7. The fourth-order valence-corrected chi connectivity index (χ4v) is 2.69. The van der Waals surface area contributed by atoms with Crippen molar-refractivity contribution in [2.45, 2.75) is 0 Å². The molecule has 0 aliphatic rings. The fraction of sp³-hybridized carbons (Fsp3) is 0. The number of benzene rings is 2. The van der Waals surface area contributed by atoms with E-state index in [2.05, 4.69) is 41.8 Å². The Morgan fingerprint density at radius 3 is 2.60 bits per heavy atom. The third-order valence-corrected chi connectivity index (χ3v) is 4.38. The van der Waals surface area contributed by atoms with Gasteiger partial charge in [-0.25, -0.2) is 9.97 Å². The fourth-order valence-electron chi connectivity index (χ4n) is 1.83. The number of halogens is 2. The predicted molar refractivity (Wildman–Crippen MR) is 85.9 cm³/mol. The first-order valence-electron chi connectivity index (χ1n) is 5.78. The van der Waals surface area contributed by atoms with Crippen LogP contribution in [0.4, 0.5) is 5.82 Å². The average molecular weight is 395 g/mol. The summed E-state index contributed by atoms with van der Waals surface area (Å²) in [5.74, 6) is 1.39. The lowest BCUT2D eigenvalue weighted by Crippen LogP contribution is -1.97. The van der Waals surface area contributed by atoms with Gasteiger partial charge in [0.15, 0.2) is 0 Å². The minimum Gasteiger partial charge on any atom is -0.436 e. The van der Waals surface area contributed by atoms with Gasteiger partial charge in [0.1, 0.15) is 22.4 Å². The van der Waals surface area contributed by atoms with E-state index < -0.39 is 0 Å². The van der Waals surface area contributed by atoms with E-state index in [-0.39, 0.29) is 0 Å². The van der Waals surface area contributed by atoms with Crippen molar-refractivity contribution in [1.29, 1.82) is 0 Å². The van der Waals surface area contributed by atoms with Crippen LogP contribution in [-0.2, 0) is 0 Å². The summed E-state index contributed by atoms with van der Waals surface area (Å²) in [4.78, 5) is 7.96. The first kappa shape index (κ1) is 13.3. The van der Waals surface area contributed by atoms with Crippen molar-refractivity contribution in [1.82, 2.24) is 9.97 Å². The van der Waals surface area contributed by atoms with Gasteiger partial charge in [-0.3, -0.25) is 0 Å². The zero-order chi connectivity index (χ0) is 14.1. The van der Waals surface area contributed by atoms with Gasteiger partial charge in [0.25, 0.3) is 0 Å². The molecule has 3 rings (SSSR count). The van der Waals surface area contributed by atoms with E-state index in [0.29, 0.717) is 21.9 Å². The Bertz CT molecular complexity index is 792. The monoisotopic (exact) mass is 393 g/mol. The first-order chi connectivity index (χ1) is 9.66. The van der Waals surface area contributed by atoms with Crippen LogP contribution in [0.25, 0.3) is 10.8 Å². The Labute approximate surface area is 132 Å². The highest BCUT2D eigenvalue weighted by Gasteiger charge is 2.12. The molecule has 0 aliphatic carbocycles. The molecule has 0 bridgehead atoms. The molecule has 1 aromatic heterocycles. The number of ether oxygens (including phenoxy) is 1. The van der Waals surface area contributed by atoms with E-state index in [1.807, 2.05) is 36.4 Å². The predicted octanol–water partition coefficient (Wildman–Crippen LogP) is 4.53. The molecule has 2 N–H and O–H groups in total. The van der Waals surface area contributed by atoms with Crippen molar-refractivity contribution in [2.75, 3.05) is 5.73 Å². The highest BCUT2D eigenvalue weighted by atomic mass is 79.9. The van der Waals surface area contributed by atoms with E-state index in [9.17, 15) is 0 Å². The van der Waals surface area contributed by atoms with E-state index in [1.165, 1.54) is 6.33 Å². The highest BCUT2D eigenvalue weighted by molar-refractivity contribution is 9.11. The van der Waals surface area contributed by atoms with Crippen LogP contribution in [0.3, 0.4) is 0 Å². The summed E-state index contributed by atoms with van der Waals surface area (Å²) in [5, 5.41) is 2.20. The third-order valence-electron chi connectivity index (χ3n) is 2.82. The number of rotatable bonds is 2. The minimum absolute atomic E-state index is 0.340. The Morgan fingerprint density at radius 1 is 0.950 bits per heavy atom. The summed E-state index contributed by atoms with van der Waals surface area (Å²) in [5.41, 5.74) is 5.71. The van der Waals surface area contributed by atoms with Crippen molar-refractivity contribution in [3.63, 3.8) is 0 Å². The van der Waals surface area contributed by atoms with Crippen molar-refractivity contribution < 1.29 is 4.74 Å². The summed E-state index contributed by atoms with van der Waals surface area (Å²) in [6, 6.07) is 11.9. The minimum atomic E-state index is 0.340. The summed E-state index contributed by atoms with van der Waals surface area (Å²) in [6.07, 6.45) is 1.37. The Hall–Kier alpha value is -1.66. The SMILES string of the molecule is Nc1ncnc(Oc2ccc3ccccc3c2Br)c1Br. The quantitative estimate of drug-likeness (QED) is 0.693. The molecule has 4 nitrogen and oxygen atoms in total. The van der Waals surface area contributed by atoms with E-state index in [0.717, 1.165) is 15.2 Å². The molecule has 0 unspecified atom stereocenters. The summed E-state index contributed by atoms with van der Waals surface area (Å²) < 4.78 is 7.22. The largest absolute Gasteiger partial charge is 0.436 e. The maximum Gasteiger partial charge on any atom is 0.238 e. The second kappa shape index (κ2) is 5.38. The van der Waals surface area contributed by atoms with Crippen LogP contribution in [0, 0.1) is 0 Å². The summed E-state index contributed by atoms with van der Waals surface area (Å²) in [7, 11) is 0. The molecule has 1 heterocycles. The maximum atomic E-state index is 5.80. The second-order valence-corrected chi connectivity index (χ2v) is 5.66. The van der Waals surface area contributed by atoms with Gasteiger partial charge in [-0.15, -0.1) is 0 Å². The number of fused-ring (bicyclic) bond motifs is 1. The van der Waals surface area contributed by atoms with Crippen LogP contribution in [-0.4, -0.2) is 9.97 Å². The van der Waals surface area contributed by atoms with Crippen LogP contribution >= 0.6 is 31.9 Å². The molecule has 100 valence electrons. The molecule has 0 radical (unpaired) electrons. The smallest absolute Gasteiger partial charge is 0.238 e. The zero-order valence-corrected chi connectivity index (χ0v) is 13.3. The van der Waals surface area contributed by atoms with Gasteiger partial charge in [0, 0.05) is 0 Å². The van der Waals surface area contributed by atoms with Crippen molar-refractivity contribution >= 4 is 48.5 Å². The lowest BCUT2D eigenvalue weighted by molar-refractivity contribution is 0.456. The van der Waals surface area contributed by atoms with Crippen molar-refractivity contribution in [2.24, 2.45) is 0 Å². The number of aromatic nitrogens is 2. The number of hydrogen-bond donors (Lipinski definition) is 1. The molecule has 20 heavy (non-hydrogen) atoms. The van der Waals surface area contributed by atoms with E-state index in [1.54, 1.807) is 0 Å². The molecule has 0 saturated carbocycles. The molecule has 0 atom stereocenters. The molecular formula is C14H9Br2N3O. The lowest BCUT2D eigenvalue weighted by atomic mass is 10.1. The second-order valence-electron chi connectivity index (χ2n) is 4.08. The van der Waals surface area contributed by atoms with E-state index >= 15 is 0 Å². The highest BCUT2D eigenvalue weighted by Crippen LogP contribution is 2.37. The van der Waals surface area contributed by atoms with Gasteiger partial charge in [-0.2, -0.15) is 0 Å². The van der Waals surface area contributed by atoms with Crippen LogP contribution in [0.2, 0.25) is 0 Å². The molecule has 6 heteroatoms. The van der Waals surface area contributed by atoms with E-state index in [4.69, 9.17) is 10.5 Å². The first-order valence-corrected chi connectivity index (χ1v) is 7.36. The molecule has 0 fully saturated rings. The Morgan fingerprint density at radius 2 is 1.75 bits per heavy atom. The number of nitrogens with zero attached hydrogens (tertiary/aromatic N) is 2. The molecule has 0 spiro atoms. The molecule has 0 aliphatic heterocycles. The topological polar surface area (TPSA) is 61.0 Å². The summed E-state index contributed by atoms with van der Waals surface area (Å²) >= 11 is 6.89. The zero-order valence-electron chi connectivity index (χ0n) is 10.2. The number of anilines is 1. The van der Waals surface area contributed by atoms with Crippen LogP contribution in [0.1, 0.15) is 0 Å². The molecule has 0 saturated heterocycles. The van der Waals surface area contributed by atoms with Gasteiger partial charge in [-0.05, 0) is 48.7 Å². The van der Waals surface area contributed by atoms with Crippen LogP contribution in [0.15, 0.2) is 51.7 Å². The third kappa shape index (κ3) is 2.36. The average Bonchev–Trinajstić information content (AvgIpc) is 2.47. The standard InChI is InChI=1S/C14H9Br2N3O/c15-11-9-4-2-1-3-8(9)5-6-10(11)20-14-12(16)13(17)18-7-19-14/h1-7H,(H2,17,18,19). The van der Waals surface area contributed by atoms with Crippen molar-refractivity contribution in [3.8, 4) is 11.6 Å². The van der Waals surface area contributed by atoms with Crippen LogP contribution < -0.4 is 10.5 Å². The maximum absolute atomic E-state index is 5.80. The van der Waals surface area contributed by atoms with Gasteiger partial charge < -0.3 is 10.5 Å². The number of nitrogens with two attached hydrogens (primary N) is 1. The molecular weight excluding hydrogens is 386 g/mol. The lowest BCUT2D eigenvalue weighted by Gasteiger charge is -2.10. The Kier molecular flexibility index (Phi) is 3.58. The number of hydrogen-bond acceptors (Lipinski definition) is 4. The molecule has 2 aromatic carbocycles.